The Morgan fingerprint density at radius 1 is 0.485 bits per heavy atom. The van der Waals surface area contributed by atoms with E-state index in [9.17, 15) is 71.5 Å². The first-order chi connectivity index (χ1) is 31.4. The highest BCUT2D eigenvalue weighted by Gasteiger charge is 2.47. The van der Waals surface area contributed by atoms with Crippen LogP contribution in [0.15, 0.2) is 78.9 Å². The molecular formula is C49H46O17. The van der Waals surface area contributed by atoms with Crippen LogP contribution in [0.1, 0.15) is 94.4 Å². The smallest absolute Gasteiger partial charge is 0.157 e. The minimum Gasteiger partial charge on any atom is -0.508 e. The molecule has 3 heterocycles. The standard InChI is InChI=1S/C49H46O17/c1-19-24(40-35(59)14-23(50)15-39(40)64-45(19)20-5-8-27(51)32(56)11-20)3-2-4-25-30(54)17-36(60)41-43(44(63)47(66-48(25)41)22-7-10-29(53)34(58)13-22)42-37(61)18-31(55)26-16-38(62)46(65-49(26)42)21-6-9-28(52)33(57)12-21/h5-15,17-19,24,38,43-47,50-63H,2-4,16H2,1H3. The zero-order valence-corrected chi connectivity index (χ0v) is 34.9. The van der Waals surface area contributed by atoms with Crippen LogP contribution in [0, 0.1) is 5.92 Å². The van der Waals surface area contributed by atoms with E-state index in [2.05, 4.69) is 0 Å². The summed E-state index contributed by atoms with van der Waals surface area (Å²) in [4.78, 5) is 0. The molecule has 0 aromatic heterocycles. The summed E-state index contributed by atoms with van der Waals surface area (Å²) in [6, 6.07) is 16.3. The van der Waals surface area contributed by atoms with Crippen molar-refractivity contribution in [3.8, 4) is 86.2 Å². The van der Waals surface area contributed by atoms with Gasteiger partial charge in [0.25, 0.3) is 0 Å². The van der Waals surface area contributed by atoms with Gasteiger partial charge in [-0.2, -0.15) is 0 Å². The third-order valence-corrected chi connectivity index (χ3v) is 13.0. The maximum Gasteiger partial charge on any atom is 0.157 e. The summed E-state index contributed by atoms with van der Waals surface area (Å²) in [5.41, 5.74) is 1.13. The van der Waals surface area contributed by atoms with Crippen molar-refractivity contribution in [1.29, 1.82) is 0 Å². The van der Waals surface area contributed by atoms with Gasteiger partial charge in [0, 0.05) is 64.4 Å². The summed E-state index contributed by atoms with van der Waals surface area (Å²) >= 11 is 0. The predicted molar refractivity (Wildman–Crippen MR) is 231 cm³/mol. The molecule has 8 unspecified atom stereocenters. The van der Waals surface area contributed by atoms with Crippen molar-refractivity contribution >= 4 is 0 Å². The van der Waals surface area contributed by atoms with E-state index in [4.69, 9.17) is 14.2 Å². The van der Waals surface area contributed by atoms with Crippen LogP contribution in [0.2, 0.25) is 0 Å². The van der Waals surface area contributed by atoms with Crippen LogP contribution in [-0.4, -0.2) is 83.7 Å². The molecule has 8 atom stereocenters. The van der Waals surface area contributed by atoms with E-state index in [1.807, 2.05) is 6.92 Å². The summed E-state index contributed by atoms with van der Waals surface area (Å²) in [5.74, 6) is -7.72. The lowest BCUT2D eigenvalue weighted by molar-refractivity contribution is 0.000604. The van der Waals surface area contributed by atoms with E-state index in [0.29, 0.717) is 17.5 Å². The fourth-order valence-electron chi connectivity index (χ4n) is 9.84. The molecule has 0 fully saturated rings. The molecule has 0 radical (unpaired) electrons. The number of phenolic OH excluding ortho intramolecular Hbond substituents is 12. The molecule has 0 amide bonds. The van der Waals surface area contributed by atoms with Gasteiger partial charge >= 0.3 is 0 Å². The first-order valence-electron chi connectivity index (χ1n) is 21.0. The second-order valence-corrected chi connectivity index (χ2v) is 17.1. The predicted octanol–water partition coefficient (Wildman–Crippen LogP) is 6.69. The van der Waals surface area contributed by atoms with Gasteiger partial charge in [-0.1, -0.05) is 25.1 Å². The van der Waals surface area contributed by atoms with Crippen molar-refractivity contribution in [3.63, 3.8) is 0 Å². The molecule has 6 aromatic rings. The molecule has 6 aromatic carbocycles. The molecule has 0 saturated heterocycles. The largest absolute Gasteiger partial charge is 0.508 e. The quantitative estimate of drug-likeness (QED) is 0.0707. The highest BCUT2D eigenvalue weighted by atomic mass is 16.5. The Kier molecular flexibility index (Phi) is 10.8. The summed E-state index contributed by atoms with van der Waals surface area (Å²) < 4.78 is 19.1. The highest BCUT2D eigenvalue weighted by Crippen LogP contribution is 2.59. The van der Waals surface area contributed by atoms with Crippen molar-refractivity contribution in [2.75, 3.05) is 0 Å². The van der Waals surface area contributed by atoms with E-state index in [0.717, 1.165) is 18.2 Å². The van der Waals surface area contributed by atoms with Crippen LogP contribution in [-0.2, 0) is 12.8 Å². The zero-order valence-electron chi connectivity index (χ0n) is 34.9. The van der Waals surface area contributed by atoms with Crippen LogP contribution < -0.4 is 14.2 Å². The minimum absolute atomic E-state index is 0.0235. The summed E-state index contributed by atoms with van der Waals surface area (Å²) in [7, 11) is 0. The van der Waals surface area contributed by atoms with Crippen molar-refractivity contribution < 1.29 is 85.7 Å². The summed E-state index contributed by atoms with van der Waals surface area (Å²) in [5, 5.41) is 153. The fraction of sp³-hybridized carbons (Fsp3) is 0.265. The molecule has 0 bridgehead atoms. The number of phenols is 12. The lowest BCUT2D eigenvalue weighted by atomic mass is 9.75. The van der Waals surface area contributed by atoms with Gasteiger partial charge < -0.3 is 85.7 Å². The Morgan fingerprint density at radius 2 is 1.00 bits per heavy atom. The normalized spacial score (nSPS) is 23.1. The Balaban J connectivity index is 1.14. The third-order valence-electron chi connectivity index (χ3n) is 13.0. The second-order valence-electron chi connectivity index (χ2n) is 17.1. The average molecular weight is 907 g/mol. The molecule has 3 aliphatic rings. The van der Waals surface area contributed by atoms with Crippen molar-refractivity contribution in [2.45, 2.75) is 75.0 Å². The molecule has 14 N–H and O–H groups in total. The Hall–Kier alpha value is -7.76. The molecular weight excluding hydrogens is 861 g/mol. The molecule has 3 aliphatic heterocycles. The molecule has 0 spiro atoms. The van der Waals surface area contributed by atoms with E-state index in [1.54, 1.807) is 6.07 Å². The number of hydrogen-bond donors (Lipinski definition) is 14. The number of aliphatic hydroxyl groups is 2. The first kappa shape index (κ1) is 43.5. The van der Waals surface area contributed by atoms with E-state index >= 15 is 0 Å². The van der Waals surface area contributed by atoms with Gasteiger partial charge in [0.1, 0.15) is 70.1 Å². The average Bonchev–Trinajstić information content (AvgIpc) is 3.26. The number of ether oxygens (including phenoxy) is 3. The van der Waals surface area contributed by atoms with Gasteiger partial charge in [0.2, 0.25) is 0 Å². The zero-order chi connectivity index (χ0) is 47.0. The molecule has 66 heavy (non-hydrogen) atoms. The topological polar surface area (TPSA) is 311 Å². The number of benzene rings is 6. The van der Waals surface area contributed by atoms with E-state index in [-0.39, 0.29) is 92.9 Å². The van der Waals surface area contributed by atoms with Crippen molar-refractivity contribution in [3.05, 3.63) is 123 Å². The van der Waals surface area contributed by atoms with Gasteiger partial charge in [-0.25, -0.2) is 0 Å². The van der Waals surface area contributed by atoms with Crippen LogP contribution in [0.4, 0.5) is 0 Å². The second kappa shape index (κ2) is 16.3. The van der Waals surface area contributed by atoms with Crippen LogP contribution >= 0.6 is 0 Å². The van der Waals surface area contributed by atoms with Gasteiger partial charge in [-0.15, -0.1) is 0 Å². The SMILES string of the molecule is CC1C(CCCc2c(O)cc(O)c3c2OC(c2ccc(O)c(O)c2)C(O)C3c2c(O)cc(O)c3c2OC(c2ccc(O)c(O)c2)C(O)C3)c2c(O)cc(O)cc2OC1c1ccc(O)c(O)c1. The third kappa shape index (κ3) is 7.31. The molecule has 17 nitrogen and oxygen atoms in total. The number of fused-ring (bicyclic) bond motifs is 3. The van der Waals surface area contributed by atoms with Crippen LogP contribution in [0.3, 0.4) is 0 Å². The molecule has 17 heteroatoms. The maximum atomic E-state index is 12.4. The first-order valence-corrected chi connectivity index (χ1v) is 21.0. The summed E-state index contributed by atoms with van der Waals surface area (Å²) in [6.45, 7) is 1.88. The maximum absolute atomic E-state index is 12.4. The van der Waals surface area contributed by atoms with Crippen molar-refractivity contribution in [1.82, 2.24) is 0 Å². The van der Waals surface area contributed by atoms with Crippen molar-refractivity contribution in [2.24, 2.45) is 5.92 Å². The van der Waals surface area contributed by atoms with E-state index < -0.39 is 94.3 Å². The van der Waals surface area contributed by atoms with Crippen LogP contribution in [0.5, 0.6) is 86.2 Å². The Bertz CT molecular complexity index is 2900. The monoisotopic (exact) mass is 906 g/mol. The lowest BCUT2D eigenvalue weighted by Crippen LogP contribution is -2.37. The lowest BCUT2D eigenvalue weighted by Gasteiger charge is -2.41. The van der Waals surface area contributed by atoms with Gasteiger partial charge in [-0.05, 0) is 78.3 Å². The van der Waals surface area contributed by atoms with Gasteiger partial charge in [0.15, 0.2) is 40.6 Å². The fourth-order valence-corrected chi connectivity index (χ4v) is 9.84. The minimum atomic E-state index is -1.74. The molecule has 344 valence electrons. The van der Waals surface area contributed by atoms with Gasteiger partial charge in [-0.3, -0.25) is 0 Å². The summed E-state index contributed by atoms with van der Waals surface area (Å²) in [6.07, 6.45) is -6.14. The molecule has 0 aliphatic carbocycles. The van der Waals surface area contributed by atoms with Gasteiger partial charge in [0.05, 0.1) is 12.0 Å². The molecule has 9 rings (SSSR count). The van der Waals surface area contributed by atoms with E-state index in [1.165, 1.54) is 54.6 Å². The van der Waals surface area contributed by atoms with Crippen LogP contribution in [0.25, 0.3) is 0 Å². The molecule has 0 saturated carbocycles. The number of aromatic hydroxyl groups is 12. The highest BCUT2D eigenvalue weighted by molar-refractivity contribution is 5.68. The Morgan fingerprint density at radius 3 is 1.59 bits per heavy atom. The number of rotatable bonds is 8. The number of aliphatic hydroxyl groups excluding tert-OH is 2. The Labute approximate surface area is 375 Å². The number of hydrogen-bond acceptors (Lipinski definition) is 17.